The zero-order valence-electron chi connectivity index (χ0n) is 13.9. The second-order valence-electron chi connectivity index (χ2n) is 5.99. The zero-order chi connectivity index (χ0) is 16.9. The van der Waals surface area contributed by atoms with Gasteiger partial charge in [-0.05, 0) is 31.9 Å². The third kappa shape index (κ3) is 4.39. The number of ether oxygens (including phenoxy) is 1. The Kier molecular flexibility index (Phi) is 5.57. The van der Waals surface area contributed by atoms with Gasteiger partial charge < -0.3 is 14.5 Å². The number of hydrogen-bond donors (Lipinski definition) is 1. The van der Waals surface area contributed by atoms with Gasteiger partial charge in [-0.3, -0.25) is 9.36 Å². The largest absolute Gasteiger partial charge is 0.467 e. The molecule has 0 radical (unpaired) electrons. The lowest BCUT2D eigenvalue weighted by Crippen LogP contribution is -2.36. The number of carbonyl (C=O) groups excluding carboxylic acids is 1. The maximum absolute atomic E-state index is 12.0. The second-order valence-corrected chi connectivity index (χ2v) is 6.94. The number of hydrogen-bond acceptors (Lipinski definition) is 6. The number of aromatic nitrogens is 3. The van der Waals surface area contributed by atoms with Crippen molar-refractivity contribution in [2.75, 3.05) is 19.5 Å². The van der Waals surface area contributed by atoms with Gasteiger partial charge in [0.15, 0.2) is 5.16 Å². The average Bonchev–Trinajstić information content (AvgIpc) is 3.11. The van der Waals surface area contributed by atoms with Gasteiger partial charge in [-0.1, -0.05) is 11.8 Å². The van der Waals surface area contributed by atoms with E-state index in [4.69, 9.17) is 9.15 Å². The van der Waals surface area contributed by atoms with Crippen LogP contribution in [0.2, 0.25) is 0 Å². The van der Waals surface area contributed by atoms with Crippen LogP contribution >= 0.6 is 11.8 Å². The molecule has 1 aliphatic rings. The molecule has 130 valence electrons. The van der Waals surface area contributed by atoms with Gasteiger partial charge in [0, 0.05) is 19.1 Å². The molecule has 1 atom stereocenters. The first-order chi connectivity index (χ1) is 11.7. The number of furan rings is 1. The Morgan fingerprint density at radius 1 is 1.54 bits per heavy atom. The molecule has 2 aromatic heterocycles. The number of thioether (sulfide) groups is 1. The van der Waals surface area contributed by atoms with Crippen molar-refractivity contribution in [1.82, 2.24) is 20.1 Å². The highest BCUT2D eigenvalue weighted by atomic mass is 32.2. The summed E-state index contributed by atoms with van der Waals surface area (Å²) in [6.45, 7) is 3.00. The third-order valence-electron chi connectivity index (χ3n) is 3.74. The molecule has 0 saturated heterocycles. The number of methoxy groups -OCH3 is 1. The average molecular weight is 350 g/mol. The molecule has 1 aliphatic carbocycles. The van der Waals surface area contributed by atoms with Crippen molar-refractivity contribution in [1.29, 1.82) is 0 Å². The standard InChI is InChI=1S/C16H22N4O3S/c1-11(9-22-2)17-14(21)10-24-16-19-18-15(12-5-6-12)20(16)8-13-4-3-7-23-13/h3-4,7,11-12H,5-6,8-10H2,1-2H3,(H,17,21). The smallest absolute Gasteiger partial charge is 0.230 e. The van der Waals surface area contributed by atoms with E-state index in [1.165, 1.54) is 11.8 Å². The van der Waals surface area contributed by atoms with E-state index in [0.29, 0.717) is 24.8 Å². The SMILES string of the molecule is COCC(C)NC(=O)CSc1nnc(C2CC2)n1Cc1ccco1. The van der Waals surface area contributed by atoms with Crippen molar-refractivity contribution >= 4 is 17.7 Å². The third-order valence-corrected chi connectivity index (χ3v) is 4.71. The van der Waals surface area contributed by atoms with Crippen LogP contribution in [0.25, 0.3) is 0 Å². The van der Waals surface area contributed by atoms with E-state index in [2.05, 4.69) is 20.1 Å². The summed E-state index contributed by atoms with van der Waals surface area (Å²) in [5, 5.41) is 12.3. The van der Waals surface area contributed by atoms with Gasteiger partial charge in [-0.15, -0.1) is 10.2 Å². The minimum atomic E-state index is -0.0370. The molecule has 2 aromatic rings. The van der Waals surface area contributed by atoms with Gasteiger partial charge in [0.1, 0.15) is 11.6 Å². The molecule has 1 unspecified atom stereocenters. The predicted molar refractivity (Wildman–Crippen MR) is 90.0 cm³/mol. The number of amides is 1. The first kappa shape index (κ1) is 17.0. The Bertz CT molecular complexity index is 667. The monoisotopic (exact) mass is 350 g/mol. The fourth-order valence-corrected chi connectivity index (χ4v) is 3.25. The lowest BCUT2D eigenvalue weighted by Gasteiger charge is -2.12. The fraction of sp³-hybridized carbons (Fsp3) is 0.562. The molecule has 2 heterocycles. The molecule has 1 amide bonds. The summed E-state index contributed by atoms with van der Waals surface area (Å²) in [5.41, 5.74) is 0. The van der Waals surface area contributed by atoms with Gasteiger partial charge in [-0.2, -0.15) is 0 Å². The number of rotatable bonds is 9. The highest BCUT2D eigenvalue weighted by molar-refractivity contribution is 7.99. The molecule has 0 aromatic carbocycles. The minimum Gasteiger partial charge on any atom is -0.467 e. The Morgan fingerprint density at radius 2 is 2.38 bits per heavy atom. The highest BCUT2D eigenvalue weighted by Gasteiger charge is 2.30. The van der Waals surface area contributed by atoms with Crippen LogP contribution < -0.4 is 5.32 Å². The maximum Gasteiger partial charge on any atom is 0.230 e. The maximum atomic E-state index is 12.0. The molecule has 1 fully saturated rings. The van der Waals surface area contributed by atoms with E-state index >= 15 is 0 Å². The Morgan fingerprint density at radius 3 is 3.04 bits per heavy atom. The quantitative estimate of drug-likeness (QED) is 0.697. The van der Waals surface area contributed by atoms with Crippen LogP contribution in [0.5, 0.6) is 0 Å². The van der Waals surface area contributed by atoms with Crippen molar-refractivity contribution in [3.63, 3.8) is 0 Å². The van der Waals surface area contributed by atoms with Gasteiger partial charge in [-0.25, -0.2) is 0 Å². The highest BCUT2D eigenvalue weighted by Crippen LogP contribution is 2.40. The second kappa shape index (κ2) is 7.85. The van der Waals surface area contributed by atoms with Crippen LogP contribution in [-0.2, 0) is 16.1 Å². The summed E-state index contributed by atoms with van der Waals surface area (Å²) < 4.78 is 12.5. The number of nitrogens with one attached hydrogen (secondary N) is 1. The molecule has 1 saturated carbocycles. The summed E-state index contributed by atoms with van der Waals surface area (Å²) >= 11 is 1.40. The normalized spacial score (nSPS) is 15.4. The van der Waals surface area contributed by atoms with Crippen LogP contribution in [0.15, 0.2) is 28.0 Å². The van der Waals surface area contributed by atoms with Crippen LogP contribution in [0.4, 0.5) is 0 Å². The molecule has 24 heavy (non-hydrogen) atoms. The summed E-state index contributed by atoms with van der Waals surface area (Å²) in [4.78, 5) is 12.0. The van der Waals surface area contributed by atoms with Crippen molar-refractivity contribution in [2.24, 2.45) is 0 Å². The Labute approximate surface area is 145 Å². The summed E-state index contributed by atoms with van der Waals surface area (Å²) in [7, 11) is 1.62. The molecule has 0 bridgehead atoms. The van der Waals surface area contributed by atoms with Gasteiger partial charge in [0.2, 0.25) is 5.91 Å². The van der Waals surface area contributed by atoms with E-state index in [9.17, 15) is 4.79 Å². The van der Waals surface area contributed by atoms with Crippen molar-refractivity contribution in [3.8, 4) is 0 Å². The Balaban J connectivity index is 1.63. The van der Waals surface area contributed by atoms with Gasteiger partial charge in [0.25, 0.3) is 0 Å². The lowest BCUT2D eigenvalue weighted by atomic mass is 10.3. The summed E-state index contributed by atoms with van der Waals surface area (Å²) in [5.74, 6) is 2.59. The van der Waals surface area contributed by atoms with E-state index in [1.807, 2.05) is 19.1 Å². The predicted octanol–water partition coefficient (Wildman–Crippen LogP) is 2.04. The first-order valence-corrected chi connectivity index (χ1v) is 9.02. The molecular weight excluding hydrogens is 328 g/mol. The van der Waals surface area contributed by atoms with Crippen molar-refractivity contribution < 1.29 is 13.9 Å². The van der Waals surface area contributed by atoms with E-state index < -0.39 is 0 Å². The molecule has 1 N–H and O–H groups in total. The molecule has 7 nitrogen and oxygen atoms in total. The first-order valence-electron chi connectivity index (χ1n) is 8.04. The van der Waals surface area contributed by atoms with E-state index in [1.54, 1.807) is 13.4 Å². The summed E-state index contributed by atoms with van der Waals surface area (Å²) in [6.07, 6.45) is 3.96. The van der Waals surface area contributed by atoms with Crippen LogP contribution in [-0.4, -0.2) is 46.2 Å². The molecule has 8 heteroatoms. The Hall–Kier alpha value is -1.80. The van der Waals surface area contributed by atoms with E-state index in [0.717, 1.165) is 29.6 Å². The van der Waals surface area contributed by atoms with Gasteiger partial charge >= 0.3 is 0 Å². The van der Waals surface area contributed by atoms with Crippen LogP contribution in [0.1, 0.15) is 37.3 Å². The van der Waals surface area contributed by atoms with Crippen LogP contribution in [0.3, 0.4) is 0 Å². The zero-order valence-corrected chi connectivity index (χ0v) is 14.7. The minimum absolute atomic E-state index is 0.00823. The molecule has 0 spiro atoms. The lowest BCUT2D eigenvalue weighted by molar-refractivity contribution is -0.119. The summed E-state index contributed by atoms with van der Waals surface area (Å²) in [6, 6.07) is 3.80. The van der Waals surface area contributed by atoms with Crippen molar-refractivity contribution in [3.05, 3.63) is 30.0 Å². The molecular formula is C16H22N4O3S. The van der Waals surface area contributed by atoms with Crippen LogP contribution in [0, 0.1) is 0 Å². The van der Waals surface area contributed by atoms with Crippen molar-refractivity contribution in [2.45, 2.75) is 43.4 Å². The van der Waals surface area contributed by atoms with E-state index in [-0.39, 0.29) is 11.9 Å². The number of carbonyl (C=O) groups is 1. The number of nitrogens with zero attached hydrogens (tertiary/aromatic N) is 3. The molecule has 0 aliphatic heterocycles. The fourth-order valence-electron chi connectivity index (χ4n) is 2.50. The topological polar surface area (TPSA) is 82.2 Å². The van der Waals surface area contributed by atoms with Gasteiger partial charge in [0.05, 0.1) is 25.2 Å². The molecule has 3 rings (SSSR count).